The van der Waals surface area contributed by atoms with Crippen molar-refractivity contribution in [2.45, 2.75) is 46.2 Å². The predicted octanol–water partition coefficient (Wildman–Crippen LogP) is 4.88. The molecular formula is C21H28ClN3O2. The molecule has 1 N–H and O–H groups in total. The van der Waals surface area contributed by atoms with E-state index in [1.54, 1.807) is 30.6 Å². The summed E-state index contributed by atoms with van der Waals surface area (Å²) in [5.41, 5.74) is 1.53. The number of aromatic nitrogens is 1. The second kappa shape index (κ2) is 10.2. The molecule has 0 aliphatic rings. The van der Waals surface area contributed by atoms with E-state index in [-0.39, 0.29) is 18.0 Å². The average molecular weight is 390 g/mol. The molecule has 0 radical (unpaired) electrons. The maximum Gasteiger partial charge on any atom is 0.254 e. The minimum atomic E-state index is -0.0258. The quantitative estimate of drug-likeness (QED) is 0.664. The number of amides is 1. The van der Waals surface area contributed by atoms with Gasteiger partial charge in [-0.15, -0.1) is 0 Å². The van der Waals surface area contributed by atoms with Crippen LogP contribution in [0.4, 0.5) is 5.69 Å². The maximum absolute atomic E-state index is 12.9. The molecular weight excluding hydrogens is 362 g/mol. The summed E-state index contributed by atoms with van der Waals surface area (Å²) in [6.07, 6.45) is 4.38. The van der Waals surface area contributed by atoms with Gasteiger partial charge in [0.15, 0.2) is 0 Å². The fourth-order valence-electron chi connectivity index (χ4n) is 2.77. The van der Waals surface area contributed by atoms with Crippen LogP contribution in [0, 0.1) is 0 Å². The Bertz CT molecular complexity index is 737. The molecule has 27 heavy (non-hydrogen) atoms. The lowest BCUT2D eigenvalue weighted by Crippen LogP contribution is -2.37. The third-order valence-electron chi connectivity index (χ3n) is 4.06. The lowest BCUT2D eigenvalue weighted by atomic mass is 10.1. The smallest absolute Gasteiger partial charge is 0.254 e. The normalized spacial score (nSPS) is 11.9. The highest BCUT2D eigenvalue weighted by Crippen LogP contribution is 2.23. The van der Waals surface area contributed by atoms with Crippen LogP contribution in [-0.2, 0) is 0 Å². The first-order valence-corrected chi connectivity index (χ1v) is 9.69. The molecule has 2 aromatic rings. The van der Waals surface area contributed by atoms with E-state index in [1.807, 2.05) is 37.8 Å². The van der Waals surface area contributed by atoms with E-state index in [0.717, 1.165) is 12.1 Å². The molecule has 5 nitrogen and oxygen atoms in total. The Balaban J connectivity index is 2.04. The molecule has 1 atom stereocenters. The Morgan fingerprint density at radius 2 is 1.93 bits per heavy atom. The van der Waals surface area contributed by atoms with Gasteiger partial charge in [-0.25, -0.2) is 0 Å². The van der Waals surface area contributed by atoms with Crippen LogP contribution < -0.4 is 10.1 Å². The van der Waals surface area contributed by atoms with Crippen molar-refractivity contribution in [1.82, 2.24) is 9.88 Å². The van der Waals surface area contributed by atoms with Crippen molar-refractivity contribution in [1.29, 1.82) is 0 Å². The number of hydrogen-bond donors (Lipinski definition) is 1. The molecule has 1 aromatic carbocycles. The highest BCUT2D eigenvalue weighted by Gasteiger charge is 2.19. The van der Waals surface area contributed by atoms with Crippen molar-refractivity contribution in [3.63, 3.8) is 0 Å². The second-order valence-electron chi connectivity index (χ2n) is 6.86. The van der Waals surface area contributed by atoms with E-state index in [0.29, 0.717) is 29.5 Å². The summed E-state index contributed by atoms with van der Waals surface area (Å²) in [7, 11) is 0. The summed E-state index contributed by atoms with van der Waals surface area (Å²) < 4.78 is 5.88. The molecule has 1 unspecified atom stereocenters. The van der Waals surface area contributed by atoms with Crippen molar-refractivity contribution in [2.75, 3.05) is 18.5 Å². The zero-order chi connectivity index (χ0) is 19.8. The molecule has 1 heterocycles. The molecule has 1 amide bonds. The Labute approximate surface area is 166 Å². The van der Waals surface area contributed by atoms with Gasteiger partial charge in [0.05, 0.1) is 6.04 Å². The van der Waals surface area contributed by atoms with Crippen LogP contribution in [-0.4, -0.2) is 41.0 Å². The van der Waals surface area contributed by atoms with Crippen molar-refractivity contribution in [3.8, 4) is 5.75 Å². The van der Waals surface area contributed by atoms with E-state index in [2.05, 4.69) is 17.2 Å². The lowest BCUT2D eigenvalue weighted by molar-refractivity contribution is 0.0705. The number of carbonyl (C=O) groups excluding carboxylic acids is 1. The van der Waals surface area contributed by atoms with Crippen molar-refractivity contribution < 1.29 is 9.53 Å². The van der Waals surface area contributed by atoms with Gasteiger partial charge >= 0.3 is 0 Å². The third-order valence-corrected chi connectivity index (χ3v) is 4.28. The molecule has 6 heteroatoms. The topological polar surface area (TPSA) is 54.5 Å². The molecule has 0 fully saturated rings. The monoisotopic (exact) mass is 389 g/mol. The summed E-state index contributed by atoms with van der Waals surface area (Å²) in [5, 5.41) is 3.83. The summed E-state index contributed by atoms with van der Waals surface area (Å²) >= 11 is 6.23. The second-order valence-corrected chi connectivity index (χ2v) is 7.30. The molecule has 146 valence electrons. The predicted molar refractivity (Wildman–Crippen MR) is 111 cm³/mol. The highest BCUT2D eigenvalue weighted by atomic mass is 35.5. The number of anilines is 1. The van der Waals surface area contributed by atoms with Gasteiger partial charge in [0.1, 0.15) is 12.4 Å². The molecule has 0 spiro atoms. The zero-order valence-corrected chi connectivity index (χ0v) is 17.2. The number of ether oxygens (including phenoxy) is 1. The zero-order valence-electron chi connectivity index (χ0n) is 16.4. The van der Waals surface area contributed by atoms with Crippen LogP contribution in [0.5, 0.6) is 5.75 Å². The van der Waals surface area contributed by atoms with Crippen LogP contribution >= 0.6 is 11.6 Å². The van der Waals surface area contributed by atoms with Gasteiger partial charge in [-0.2, -0.15) is 0 Å². The summed E-state index contributed by atoms with van der Waals surface area (Å²) in [5.74, 6) is 0.566. The van der Waals surface area contributed by atoms with Crippen LogP contribution in [0.25, 0.3) is 0 Å². The van der Waals surface area contributed by atoms with Gasteiger partial charge in [0.25, 0.3) is 5.91 Å². The van der Waals surface area contributed by atoms with Crippen molar-refractivity contribution >= 4 is 23.2 Å². The molecule has 0 saturated carbocycles. The number of pyridine rings is 1. The number of nitrogens with zero attached hydrogens (tertiary/aromatic N) is 2. The van der Waals surface area contributed by atoms with Crippen molar-refractivity contribution in [3.05, 3.63) is 53.3 Å². The minimum absolute atomic E-state index is 0.0258. The standard InChI is InChI=1S/C21H28ClN3O2/c1-5-10-25(15(2)3)21(26)17-11-18(22)13-20(12-17)27-14-16(4)24-19-6-8-23-9-7-19/h6-9,11-13,15-16H,5,10,14H2,1-4H3,(H,23,24). The van der Waals surface area contributed by atoms with Gasteiger partial charge in [-0.1, -0.05) is 18.5 Å². The summed E-state index contributed by atoms with van der Waals surface area (Å²) in [4.78, 5) is 18.7. The minimum Gasteiger partial charge on any atom is -0.491 e. The number of rotatable bonds is 9. The molecule has 0 saturated heterocycles. The number of halogens is 1. The largest absolute Gasteiger partial charge is 0.491 e. The fraction of sp³-hybridized carbons (Fsp3) is 0.429. The molecule has 0 bridgehead atoms. The van der Waals surface area contributed by atoms with Crippen LogP contribution in [0.2, 0.25) is 5.02 Å². The number of carbonyl (C=O) groups is 1. The lowest BCUT2D eigenvalue weighted by Gasteiger charge is -2.26. The van der Waals surface area contributed by atoms with E-state index in [1.165, 1.54) is 0 Å². The van der Waals surface area contributed by atoms with Crippen LogP contribution in [0.3, 0.4) is 0 Å². The number of benzene rings is 1. The molecule has 2 rings (SSSR count). The maximum atomic E-state index is 12.9. The first-order valence-electron chi connectivity index (χ1n) is 9.31. The van der Waals surface area contributed by atoms with Crippen LogP contribution in [0.1, 0.15) is 44.5 Å². The highest BCUT2D eigenvalue weighted by molar-refractivity contribution is 6.31. The first kappa shape index (κ1) is 21.0. The Kier molecular flexibility index (Phi) is 7.92. The van der Waals surface area contributed by atoms with Gasteiger partial charge in [-0.3, -0.25) is 9.78 Å². The SMILES string of the molecule is CCCN(C(=O)c1cc(Cl)cc(OCC(C)Nc2ccncc2)c1)C(C)C. The molecule has 1 aromatic heterocycles. The summed E-state index contributed by atoms with van der Waals surface area (Å²) in [6, 6.07) is 9.21. The van der Waals surface area contributed by atoms with Crippen LogP contribution in [0.15, 0.2) is 42.7 Å². The van der Waals surface area contributed by atoms with Gasteiger partial charge in [0, 0.05) is 41.3 Å². The van der Waals surface area contributed by atoms with Gasteiger partial charge in [-0.05, 0) is 57.5 Å². The molecule has 0 aliphatic carbocycles. The van der Waals surface area contributed by atoms with E-state index >= 15 is 0 Å². The van der Waals surface area contributed by atoms with E-state index < -0.39 is 0 Å². The van der Waals surface area contributed by atoms with E-state index in [9.17, 15) is 4.79 Å². The van der Waals surface area contributed by atoms with Crippen molar-refractivity contribution in [2.24, 2.45) is 0 Å². The van der Waals surface area contributed by atoms with Gasteiger partial charge in [0.2, 0.25) is 0 Å². The number of nitrogens with one attached hydrogen (secondary N) is 1. The summed E-state index contributed by atoms with van der Waals surface area (Å²) in [6.45, 7) is 9.28. The molecule has 0 aliphatic heterocycles. The Morgan fingerprint density at radius 3 is 2.56 bits per heavy atom. The first-order chi connectivity index (χ1) is 12.9. The Morgan fingerprint density at radius 1 is 1.22 bits per heavy atom. The fourth-order valence-corrected chi connectivity index (χ4v) is 2.99. The van der Waals surface area contributed by atoms with Gasteiger partial charge < -0.3 is 15.0 Å². The average Bonchev–Trinajstić information content (AvgIpc) is 2.64. The number of hydrogen-bond acceptors (Lipinski definition) is 4. The van der Waals surface area contributed by atoms with E-state index in [4.69, 9.17) is 16.3 Å². The third kappa shape index (κ3) is 6.43. The Hall–Kier alpha value is -2.27.